The Morgan fingerprint density at radius 2 is 2.11 bits per heavy atom. The zero-order valence-electron chi connectivity index (χ0n) is 12.1. The zero-order chi connectivity index (χ0) is 13.6. The lowest BCUT2D eigenvalue weighted by molar-refractivity contribution is 0.0258. The summed E-state index contributed by atoms with van der Waals surface area (Å²) in [6, 6.07) is 0.613. The van der Waals surface area contributed by atoms with Crippen molar-refractivity contribution < 1.29 is 9.53 Å². The molecule has 0 aromatic carbocycles. The molecule has 1 saturated heterocycles. The first kappa shape index (κ1) is 15.2. The number of carbonyl (C=O) groups is 1. The van der Waals surface area contributed by atoms with Gasteiger partial charge in [0, 0.05) is 32.2 Å². The van der Waals surface area contributed by atoms with Crippen molar-refractivity contribution in [1.82, 2.24) is 15.5 Å². The number of nitrogens with one attached hydrogen (secondary N) is 2. The van der Waals surface area contributed by atoms with Crippen molar-refractivity contribution in [3.8, 4) is 0 Å². The topological polar surface area (TPSA) is 53.6 Å². The minimum atomic E-state index is -0.416. The van der Waals surface area contributed by atoms with Crippen LogP contribution in [0.15, 0.2) is 0 Å². The van der Waals surface area contributed by atoms with E-state index in [0.29, 0.717) is 12.6 Å². The maximum atomic E-state index is 11.9. The van der Waals surface area contributed by atoms with Crippen LogP contribution in [0.5, 0.6) is 0 Å². The van der Waals surface area contributed by atoms with Gasteiger partial charge < -0.3 is 20.3 Å². The average molecular weight is 257 g/mol. The van der Waals surface area contributed by atoms with Crippen LogP contribution in [0, 0.1) is 0 Å². The van der Waals surface area contributed by atoms with Crippen LogP contribution in [-0.2, 0) is 4.74 Å². The molecule has 0 aliphatic carbocycles. The van der Waals surface area contributed by atoms with E-state index >= 15 is 0 Å². The Kier molecular flexibility index (Phi) is 5.88. The third-order valence-corrected chi connectivity index (χ3v) is 2.85. The molecule has 18 heavy (non-hydrogen) atoms. The fraction of sp³-hybridized carbons (Fsp3) is 0.923. The molecule has 0 bridgehead atoms. The van der Waals surface area contributed by atoms with E-state index in [1.165, 1.54) is 0 Å². The van der Waals surface area contributed by atoms with Gasteiger partial charge in [-0.15, -0.1) is 0 Å². The molecule has 106 valence electrons. The zero-order valence-corrected chi connectivity index (χ0v) is 12.1. The molecule has 0 atom stereocenters. The minimum absolute atomic E-state index is 0.213. The third kappa shape index (κ3) is 5.69. The summed E-state index contributed by atoms with van der Waals surface area (Å²) in [4.78, 5) is 13.6. The van der Waals surface area contributed by atoms with Gasteiger partial charge in [0.15, 0.2) is 0 Å². The van der Waals surface area contributed by atoms with Crippen LogP contribution < -0.4 is 10.6 Å². The monoisotopic (exact) mass is 257 g/mol. The van der Waals surface area contributed by atoms with Crippen LogP contribution in [0.4, 0.5) is 4.79 Å². The molecular weight excluding hydrogens is 230 g/mol. The van der Waals surface area contributed by atoms with E-state index in [4.69, 9.17) is 4.74 Å². The minimum Gasteiger partial charge on any atom is -0.444 e. The molecule has 1 aliphatic rings. The molecule has 1 amide bonds. The second kappa shape index (κ2) is 6.95. The predicted molar refractivity (Wildman–Crippen MR) is 72.8 cm³/mol. The van der Waals surface area contributed by atoms with Gasteiger partial charge in [-0.25, -0.2) is 4.79 Å². The normalized spacial score (nSPS) is 16.2. The first-order valence-electron chi connectivity index (χ1n) is 6.84. The summed E-state index contributed by atoms with van der Waals surface area (Å²) < 4.78 is 5.36. The van der Waals surface area contributed by atoms with E-state index in [1.807, 2.05) is 27.7 Å². The van der Waals surface area contributed by atoms with Gasteiger partial charge in [-0.05, 0) is 40.7 Å². The van der Waals surface area contributed by atoms with Crippen LogP contribution in [0.2, 0.25) is 0 Å². The lowest BCUT2D eigenvalue weighted by Crippen LogP contribution is -2.55. The van der Waals surface area contributed by atoms with Gasteiger partial charge in [-0.1, -0.05) is 0 Å². The number of nitrogens with zero attached hydrogens (tertiary/aromatic N) is 1. The maximum absolute atomic E-state index is 11.9. The SMILES string of the molecule is CCN(CCCNC1CNC1)C(=O)OC(C)(C)C. The van der Waals surface area contributed by atoms with Gasteiger partial charge in [0.25, 0.3) is 0 Å². The van der Waals surface area contributed by atoms with Crippen LogP contribution >= 0.6 is 0 Å². The lowest BCUT2D eigenvalue weighted by Gasteiger charge is -2.29. The first-order valence-corrected chi connectivity index (χ1v) is 6.84. The standard InChI is InChI=1S/C13H27N3O2/c1-5-16(12(17)18-13(2,3)4)8-6-7-15-11-9-14-10-11/h11,14-15H,5-10H2,1-4H3. The third-order valence-electron chi connectivity index (χ3n) is 2.85. The van der Waals surface area contributed by atoms with E-state index < -0.39 is 5.60 Å². The van der Waals surface area contributed by atoms with Gasteiger partial charge in [0.05, 0.1) is 0 Å². The van der Waals surface area contributed by atoms with Gasteiger partial charge in [0.2, 0.25) is 0 Å². The Labute approximate surface area is 110 Å². The van der Waals surface area contributed by atoms with E-state index in [-0.39, 0.29) is 6.09 Å². The Morgan fingerprint density at radius 3 is 2.56 bits per heavy atom. The molecule has 5 heteroatoms. The van der Waals surface area contributed by atoms with Gasteiger partial charge in [0.1, 0.15) is 5.60 Å². The highest BCUT2D eigenvalue weighted by Crippen LogP contribution is 2.10. The van der Waals surface area contributed by atoms with Crippen LogP contribution in [0.25, 0.3) is 0 Å². The van der Waals surface area contributed by atoms with Crippen LogP contribution in [-0.4, -0.2) is 55.4 Å². The number of amides is 1. The fourth-order valence-corrected chi connectivity index (χ4v) is 1.71. The molecule has 2 N–H and O–H groups in total. The largest absolute Gasteiger partial charge is 0.444 e. The fourth-order valence-electron chi connectivity index (χ4n) is 1.71. The highest BCUT2D eigenvalue weighted by atomic mass is 16.6. The molecule has 0 aromatic heterocycles. The van der Waals surface area contributed by atoms with Gasteiger partial charge in [-0.2, -0.15) is 0 Å². The van der Waals surface area contributed by atoms with E-state index in [9.17, 15) is 4.79 Å². The summed E-state index contributed by atoms with van der Waals surface area (Å²) in [5, 5.41) is 6.66. The Morgan fingerprint density at radius 1 is 1.44 bits per heavy atom. The van der Waals surface area contributed by atoms with E-state index in [1.54, 1.807) is 4.90 Å². The molecule has 1 fully saturated rings. The number of rotatable bonds is 6. The summed E-state index contributed by atoms with van der Waals surface area (Å²) in [5.74, 6) is 0. The molecule has 0 aromatic rings. The quantitative estimate of drug-likeness (QED) is 0.702. The number of hydrogen-bond donors (Lipinski definition) is 2. The second-order valence-electron chi connectivity index (χ2n) is 5.72. The first-order chi connectivity index (χ1) is 8.42. The molecular formula is C13H27N3O2. The van der Waals surface area contributed by atoms with E-state index in [0.717, 1.165) is 32.6 Å². The molecule has 1 heterocycles. The molecule has 0 saturated carbocycles. The van der Waals surface area contributed by atoms with Crippen molar-refractivity contribution in [1.29, 1.82) is 0 Å². The molecule has 1 aliphatic heterocycles. The number of hydrogen-bond acceptors (Lipinski definition) is 4. The number of ether oxygens (including phenoxy) is 1. The van der Waals surface area contributed by atoms with Crippen LogP contribution in [0.1, 0.15) is 34.1 Å². The Bertz CT molecular complexity index is 259. The van der Waals surface area contributed by atoms with Crippen molar-refractivity contribution >= 4 is 6.09 Å². The molecule has 1 rings (SSSR count). The lowest BCUT2D eigenvalue weighted by atomic mass is 10.2. The Balaban J connectivity index is 2.17. The van der Waals surface area contributed by atoms with Crippen molar-refractivity contribution in [3.63, 3.8) is 0 Å². The smallest absolute Gasteiger partial charge is 0.410 e. The molecule has 0 spiro atoms. The van der Waals surface area contributed by atoms with Crippen molar-refractivity contribution in [2.24, 2.45) is 0 Å². The molecule has 5 nitrogen and oxygen atoms in total. The van der Waals surface area contributed by atoms with Gasteiger partial charge in [-0.3, -0.25) is 0 Å². The average Bonchev–Trinajstić information content (AvgIpc) is 2.17. The highest BCUT2D eigenvalue weighted by molar-refractivity contribution is 5.68. The van der Waals surface area contributed by atoms with Crippen molar-refractivity contribution in [2.45, 2.75) is 45.8 Å². The maximum Gasteiger partial charge on any atom is 0.410 e. The summed E-state index contributed by atoms with van der Waals surface area (Å²) in [5.41, 5.74) is -0.416. The predicted octanol–water partition coefficient (Wildman–Crippen LogP) is 1.19. The summed E-state index contributed by atoms with van der Waals surface area (Å²) in [6.07, 6.45) is 0.749. The van der Waals surface area contributed by atoms with E-state index in [2.05, 4.69) is 10.6 Å². The summed E-state index contributed by atoms with van der Waals surface area (Å²) >= 11 is 0. The second-order valence-corrected chi connectivity index (χ2v) is 5.72. The molecule has 0 unspecified atom stereocenters. The molecule has 0 radical (unpaired) electrons. The number of carbonyl (C=O) groups excluding carboxylic acids is 1. The van der Waals surface area contributed by atoms with Crippen LogP contribution in [0.3, 0.4) is 0 Å². The highest BCUT2D eigenvalue weighted by Gasteiger charge is 2.21. The Hall–Kier alpha value is -0.810. The van der Waals surface area contributed by atoms with Crippen molar-refractivity contribution in [3.05, 3.63) is 0 Å². The summed E-state index contributed by atoms with van der Waals surface area (Å²) in [7, 11) is 0. The van der Waals surface area contributed by atoms with Crippen molar-refractivity contribution in [2.75, 3.05) is 32.7 Å². The summed E-state index contributed by atoms with van der Waals surface area (Å²) in [6.45, 7) is 12.2. The van der Waals surface area contributed by atoms with Gasteiger partial charge >= 0.3 is 6.09 Å².